The minimum Gasteiger partial charge on any atom is -0.432 e. The van der Waals surface area contributed by atoms with Crippen molar-refractivity contribution in [3.63, 3.8) is 0 Å². The van der Waals surface area contributed by atoms with E-state index in [9.17, 15) is 8.78 Å². The topological polar surface area (TPSA) is 76.1 Å². The number of nitrogens with one attached hydrogen (secondary N) is 1. The number of rotatable bonds is 4. The normalized spacial score (nSPS) is 18.4. The van der Waals surface area contributed by atoms with Gasteiger partial charge in [-0.15, -0.1) is 0 Å². The maximum Gasteiger partial charge on any atom is 0.387 e. The summed E-state index contributed by atoms with van der Waals surface area (Å²) in [6, 6.07) is 3.65. The average molecular weight is 412 g/mol. The Labute approximate surface area is 172 Å². The van der Waals surface area contributed by atoms with Crippen molar-refractivity contribution in [3.05, 3.63) is 36.9 Å². The Morgan fingerprint density at radius 3 is 2.53 bits per heavy atom. The Kier molecular flexibility index (Phi) is 4.90. The summed E-state index contributed by atoms with van der Waals surface area (Å²) in [7, 11) is 0. The van der Waals surface area contributed by atoms with Crippen LogP contribution in [0.5, 0.6) is 5.75 Å². The lowest BCUT2D eigenvalue weighted by atomic mass is 9.78. The van der Waals surface area contributed by atoms with E-state index < -0.39 is 6.61 Å². The molecule has 0 amide bonds. The molecule has 9 heteroatoms. The molecule has 2 aliphatic rings. The second-order valence-corrected chi connectivity index (χ2v) is 7.93. The molecule has 0 aromatic carbocycles. The number of fused-ring (bicyclic) bond motifs is 1. The van der Waals surface area contributed by atoms with Crippen LogP contribution in [0.3, 0.4) is 0 Å². The van der Waals surface area contributed by atoms with Crippen molar-refractivity contribution in [3.8, 4) is 17.1 Å². The first kappa shape index (κ1) is 19.0. The van der Waals surface area contributed by atoms with E-state index in [-0.39, 0.29) is 5.75 Å². The van der Waals surface area contributed by atoms with Gasteiger partial charge in [0.15, 0.2) is 11.6 Å². The van der Waals surface area contributed by atoms with E-state index in [1.807, 2.05) is 12.1 Å². The number of halogens is 2. The van der Waals surface area contributed by atoms with E-state index >= 15 is 0 Å². The van der Waals surface area contributed by atoms with Crippen LogP contribution in [-0.4, -0.2) is 52.7 Å². The highest BCUT2D eigenvalue weighted by Gasteiger charge is 2.38. The molecule has 30 heavy (non-hydrogen) atoms. The molecular formula is C21H22F2N6O. The third-order valence-corrected chi connectivity index (χ3v) is 6.16. The molecule has 0 aliphatic carbocycles. The summed E-state index contributed by atoms with van der Waals surface area (Å²) < 4.78 is 30.9. The predicted molar refractivity (Wildman–Crippen MR) is 109 cm³/mol. The summed E-state index contributed by atoms with van der Waals surface area (Å²) in [5, 5.41) is 3.94. The summed E-state index contributed by atoms with van der Waals surface area (Å²) in [6.45, 7) is 0.761. The van der Waals surface area contributed by atoms with E-state index in [0.29, 0.717) is 28.0 Å². The largest absolute Gasteiger partial charge is 0.432 e. The molecule has 3 aromatic heterocycles. The molecule has 0 atom stereocenters. The summed E-state index contributed by atoms with van der Waals surface area (Å²) in [6.07, 6.45) is 9.47. The van der Waals surface area contributed by atoms with Crippen LogP contribution in [-0.2, 0) is 0 Å². The number of piperidine rings is 1. The maximum atomic E-state index is 13.0. The van der Waals surface area contributed by atoms with Gasteiger partial charge in [0, 0.05) is 37.6 Å². The molecule has 2 saturated heterocycles. The van der Waals surface area contributed by atoms with Gasteiger partial charge in [-0.3, -0.25) is 9.97 Å². The summed E-state index contributed by atoms with van der Waals surface area (Å²) in [4.78, 5) is 19.6. The molecule has 0 bridgehead atoms. The zero-order valence-electron chi connectivity index (χ0n) is 16.4. The molecule has 0 unspecified atom stereocenters. The van der Waals surface area contributed by atoms with Gasteiger partial charge in [0.05, 0.1) is 23.3 Å². The van der Waals surface area contributed by atoms with Gasteiger partial charge >= 0.3 is 6.61 Å². The molecule has 7 nitrogen and oxygen atoms in total. The second kappa shape index (κ2) is 7.71. The standard InChI is InChI=1S/C21H22F2N6O/c22-20(23)30-16-12-26-11-15-17(16)19(28-18(27-15)14-1-6-24-7-2-14)29-9-4-21(5-10-29)3-8-25-13-21/h1-2,6-7,11-12,20,25H,3-5,8-10,13H2. The molecule has 0 radical (unpaired) electrons. The molecule has 156 valence electrons. The Morgan fingerprint density at radius 1 is 1.03 bits per heavy atom. The zero-order valence-corrected chi connectivity index (χ0v) is 16.4. The van der Waals surface area contributed by atoms with Crippen molar-refractivity contribution >= 4 is 16.7 Å². The van der Waals surface area contributed by atoms with Gasteiger partial charge in [-0.2, -0.15) is 8.78 Å². The first-order chi connectivity index (χ1) is 14.6. The molecule has 3 aromatic rings. The Morgan fingerprint density at radius 2 is 1.83 bits per heavy atom. The van der Waals surface area contributed by atoms with Gasteiger partial charge in [-0.05, 0) is 43.4 Å². The summed E-state index contributed by atoms with van der Waals surface area (Å²) in [5.74, 6) is 1.13. The van der Waals surface area contributed by atoms with E-state index in [1.54, 1.807) is 18.6 Å². The highest BCUT2D eigenvalue weighted by Crippen LogP contribution is 2.41. The van der Waals surface area contributed by atoms with Crippen LogP contribution in [0.25, 0.3) is 22.3 Å². The molecule has 5 heterocycles. The van der Waals surface area contributed by atoms with E-state index in [4.69, 9.17) is 9.72 Å². The van der Waals surface area contributed by atoms with Crippen molar-refractivity contribution in [2.24, 2.45) is 5.41 Å². The zero-order chi connectivity index (χ0) is 20.6. The Balaban J connectivity index is 1.60. The molecule has 1 N–H and O–H groups in total. The van der Waals surface area contributed by atoms with Crippen molar-refractivity contribution in [2.45, 2.75) is 25.9 Å². The monoisotopic (exact) mass is 412 g/mol. The minimum absolute atomic E-state index is 0.00148. The van der Waals surface area contributed by atoms with Crippen LogP contribution in [0.2, 0.25) is 0 Å². The number of ether oxygens (including phenoxy) is 1. The highest BCUT2D eigenvalue weighted by molar-refractivity contribution is 5.95. The lowest BCUT2D eigenvalue weighted by Crippen LogP contribution is -2.41. The van der Waals surface area contributed by atoms with E-state index in [1.165, 1.54) is 12.6 Å². The maximum absolute atomic E-state index is 13.0. The summed E-state index contributed by atoms with van der Waals surface area (Å²) in [5.41, 5.74) is 1.62. The fourth-order valence-electron chi connectivity index (χ4n) is 4.50. The van der Waals surface area contributed by atoms with Crippen LogP contribution in [0.4, 0.5) is 14.6 Å². The summed E-state index contributed by atoms with van der Waals surface area (Å²) >= 11 is 0. The third-order valence-electron chi connectivity index (χ3n) is 6.16. The first-order valence-electron chi connectivity index (χ1n) is 10.1. The van der Waals surface area contributed by atoms with Crippen LogP contribution in [0.1, 0.15) is 19.3 Å². The minimum atomic E-state index is -2.95. The van der Waals surface area contributed by atoms with Crippen molar-refractivity contribution in [1.82, 2.24) is 25.3 Å². The fraction of sp³-hybridized carbons (Fsp3) is 0.429. The second-order valence-electron chi connectivity index (χ2n) is 7.93. The van der Waals surface area contributed by atoms with Gasteiger partial charge in [0.25, 0.3) is 0 Å². The quantitative estimate of drug-likeness (QED) is 0.705. The first-order valence-corrected chi connectivity index (χ1v) is 10.1. The smallest absolute Gasteiger partial charge is 0.387 e. The van der Waals surface area contributed by atoms with Crippen molar-refractivity contribution < 1.29 is 13.5 Å². The molecule has 2 fully saturated rings. The SMILES string of the molecule is FC(F)Oc1cncc2nc(-c3ccncc3)nc(N3CCC4(CCNC4)CC3)c12. The highest BCUT2D eigenvalue weighted by atomic mass is 19.3. The number of hydrogen-bond acceptors (Lipinski definition) is 7. The van der Waals surface area contributed by atoms with Crippen molar-refractivity contribution in [1.29, 1.82) is 0 Å². The molecule has 2 aliphatic heterocycles. The molecule has 0 saturated carbocycles. The van der Waals surface area contributed by atoms with E-state index in [2.05, 4.69) is 25.2 Å². The third kappa shape index (κ3) is 3.54. The van der Waals surface area contributed by atoms with Crippen LogP contribution in [0, 0.1) is 5.41 Å². The average Bonchev–Trinajstić information content (AvgIpc) is 3.22. The molecular weight excluding hydrogens is 390 g/mol. The number of hydrogen-bond donors (Lipinski definition) is 1. The lowest BCUT2D eigenvalue weighted by molar-refractivity contribution is -0.0490. The van der Waals surface area contributed by atoms with Gasteiger partial charge in [-0.1, -0.05) is 0 Å². The number of pyridine rings is 2. The van der Waals surface area contributed by atoms with E-state index in [0.717, 1.165) is 44.6 Å². The van der Waals surface area contributed by atoms with Gasteiger partial charge in [-0.25, -0.2) is 9.97 Å². The predicted octanol–water partition coefficient (Wildman–Crippen LogP) is 3.27. The van der Waals surface area contributed by atoms with Gasteiger partial charge in [0.2, 0.25) is 0 Å². The van der Waals surface area contributed by atoms with Gasteiger partial charge < -0.3 is 15.0 Å². The number of aromatic nitrogens is 4. The Hall–Kier alpha value is -2.94. The number of nitrogens with zero attached hydrogens (tertiary/aromatic N) is 5. The Bertz CT molecular complexity index is 1030. The lowest BCUT2D eigenvalue weighted by Gasteiger charge is -2.39. The molecule has 5 rings (SSSR count). The fourth-order valence-corrected chi connectivity index (χ4v) is 4.50. The van der Waals surface area contributed by atoms with Gasteiger partial charge in [0.1, 0.15) is 5.82 Å². The van der Waals surface area contributed by atoms with Crippen LogP contribution in [0.15, 0.2) is 36.9 Å². The molecule has 1 spiro atoms. The number of alkyl halides is 2. The van der Waals surface area contributed by atoms with Crippen molar-refractivity contribution in [2.75, 3.05) is 31.1 Å². The van der Waals surface area contributed by atoms with Crippen LogP contribution < -0.4 is 15.0 Å². The number of anilines is 1. The van der Waals surface area contributed by atoms with Crippen LogP contribution >= 0.6 is 0 Å².